The Morgan fingerprint density at radius 2 is 2.11 bits per heavy atom. The summed E-state index contributed by atoms with van der Waals surface area (Å²) >= 11 is 6.09. The molecular formula is C13H11ClN4O. The van der Waals surface area contributed by atoms with Crippen LogP contribution in [0.3, 0.4) is 0 Å². The first-order valence-corrected chi connectivity index (χ1v) is 6.02. The van der Waals surface area contributed by atoms with Gasteiger partial charge < -0.3 is 15.0 Å². The van der Waals surface area contributed by atoms with E-state index in [2.05, 4.69) is 9.97 Å². The normalized spacial score (nSPS) is 10.8. The number of aryl methyl sites for hydroxylation is 1. The van der Waals surface area contributed by atoms with Crippen LogP contribution in [-0.2, 0) is 7.05 Å². The second-order valence-corrected chi connectivity index (χ2v) is 4.54. The van der Waals surface area contributed by atoms with Gasteiger partial charge in [-0.25, -0.2) is 4.98 Å². The fourth-order valence-electron chi connectivity index (χ4n) is 1.86. The molecule has 0 radical (unpaired) electrons. The average Bonchev–Trinajstić information content (AvgIpc) is 2.76. The minimum atomic E-state index is 0.445. The predicted molar refractivity (Wildman–Crippen MR) is 74.4 cm³/mol. The third-order valence-electron chi connectivity index (χ3n) is 2.79. The van der Waals surface area contributed by atoms with Gasteiger partial charge in [0.25, 0.3) is 0 Å². The van der Waals surface area contributed by atoms with Gasteiger partial charge in [-0.15, -0.1) is 0 Å². The minimum absolute atomic E-state index is 0.445. The summed E-state index contributed by atoms with van der Waals surface area (Å²) < 4.78 is 7.66. The van der Waals surface area contributed by atoms with Gasteiger partial charge in [0.1, 0.15) is 17.6 Å². The average molecular weight is 275 g/mol. The fraction of sp³-hybridized carbons (Fsp3) is 0.0769. The van der Waals surface area contributed by atoms with Crippen molar-refractivity contribution in [2.75, 3.05) is 5.73 Å². The molecule has 1 aromatic carbocycles. The van der Waals surface area contributed by atoms with E-state index < -0.39 is 0 Å². The Labute approximate surface area is 114 Å². The number of rotatable bonds is 2. The summed E-state index contributed by atoms with van der Waals surface area (Å²) in [6, 6.07) is 6.98. The highest BCUT2D eigenvalue weighted by molar-refractivity contribution is 6.32. The number of aromatic nitrogens is 3. The molecule has 6 heteroatoms. The number of nitrogens with two attached hydrogens (primary N) is 1. The van der Waals surface area contributed by atoms with E-state index in [1.807, 2.05) is 23.9 Å². The number of benzene rings is 1. The van der Waals surface area contributed by atoms with Crippen LogP contribution < -0.4 is 10.5 Å². The Kier molecular flexibility index (Phi) is 2.76. The zero-order chi connectivity index (χ0) is 13.4. The van der Waals surface area contributed by atoms with Crippen LogP contribution in [0, 0.1) is 0 Å². The van der Waals surface area contributed by atoms with Crippen molar-refractivity contribution in [2.45, 2.75) is 0 Å². The lowest BCUT2D eigenvalue weighted by molar-refractivity contribution is 0.466. The topological polar surface area (TPSA) is 66.0 Å². The Hall–Kier alpha value is -2.27. The van der Waals surface area contributed by atoms with Gasteiger partial charge in [-0.2, -0.15) is 4.98 Å². The van der Waals surface area contributed by atoms with Crippen LogP contribution in [-0.4, -0.2) is 14.5 Å². The number of hydrogen-bond donors (Lipinski definition) is 1. The molecule has 2 heterocycles. The standard InChI is InChI=1S/C13H11ClN4O/c1-18-5-4-10-12(18)13(17-7-16-10)19-11-3-2-8(15)6-9(11)14/h2-7H,15H2,1H3. The van der Waals surface area contributed by atoms with Crippen LogP contribution in [0.5, 0.6) is 11.6 Å². The maximum atomic E-state index is 6.09. The van der Waals surface area contributed by atoms with Crippen LogP contribution in [0.25, 0.3) is 11.0 Å². The van der Waals surface area contributed by atoms with Crippen molar-refractivity contribution in [3.8, 4) is 11.6 Å². The maximum absolute atomic E-state index is 6.09. The van der Waals surface area contributed by atoms with Gasteiger partial charge >= 0.3 is 0 Å². The lowest BCUT2D eigenvalue weighted by Gasteiger charge is -2.08. The summed E-state index contributed by atoms with van der Waals surface area (Å²) in [5.41, 5.74) is 7.87. The molecule has 0 bridgehead atoms. The van der Waals surface area contributed by atoms with E-state index in [1.54, 1.807) is 18.2 Å². The molecule has 2 N–H and O–H groups in total. The molecule has 19 heavy (non-hydrogen) atoms. The molecule has 5 nitrogen and oxygen atoms in total. The van der Waals surface area contributed by atoms with Gasteiger partial charge in [-0.3, -0.25) is 0 Å². The zero-order valence-electron chi connectivity index (χ0n) is 10.2. The summed E-state index contributed by atoms with van der Waals surface area (Å²) in [6.07, 6.45) is 3.36. The van der Waals surface area contributed by atoms with E-state index in [0.717, 1.165) is 11.0 Å². The second kappa shape index (κ2) is 4.44. The zero-order valence-corrected chi connectivity index (χ0v) is 10.9. The van der Waals surface area contributed by atoms with E-state index in [0.29, 0.717) is 22.3 Å². The maximum Gasteiger partial charge on any atom is 0.247 e. The van der Waals surface area contributed by atoms with Crippen LogP contribution in [0.15, 0.2) is 36.8 Å². The molecule has 0 unspecified atom stereocenters. The smallest absolute Gasteiger partial charge is 0.247 e. The molecule has 0 atom stereocenters. The molecule has 0 aliphatic carbocycles. The molecule has 0 fully saturated rings. The lowest BCUT2D eigenvalue weighted by atomic mass is 10.3. The van der Waals surface area contributed by atoms with Gasteiger partial charge in [-0.1, -0.05) is 11.6 Å². The molecular weight excluding hydrogens is 264 g/mol. The molecule has 0 aliphatic heterocycles. The molecule has 3 aromatic rings. The highest BCUT2D eigenvalue weighted by Gasteiger charge is 2.11. The van der Waals surface area contributed by atoms with E-state index in [4.69, 9.17) is 22.1 Å². The van der Waals surface area contributed by atoms with Gasteiger partial charge in [0.05, 0.1) is 10.5 Å². The first-order valence-electron chi connectivity index (χ1n) is 5.64. The van der Waals surface area contributed by atoms with Crippen LogP contribution in [0.4, 0.5) is 5.69 Å². The molecule has 0 saturated carbocycles. The van der Waals surface area contributed by atoms with E-state index in [9.17, 15) is 0 Å². The minimum Gasteiger partial charge on any atom is -0.435 e. The van der Waals surface area contributed by atoms with Crippen molar-refractivity contribution in [3.63, 3.8) is 0 Å². The monoisotopic (exact) mass is 274 g/mol. The number of ether oxygens (including phenoxy) is 1. The highest BCUT2D eigenvalue weighted by Crippen LogP contribution is 2.32. The van der Waals surface area contributed by atoms with Gasteiger partial charge in [0, 0.05) is 18.9 Å². The SMILES string of the molecule is Cn1ccc2ncnc(Oc3ccc(N)cc3Cl)c21. The Bertz CT molecular complexity index is 753. The lowest BCUT2D eigenvalue weighted by Crippen LogP contribution is -1.95. The second-order valence-electron chi connectivity index (χ2n) is 4.13. The summed E-state index contributed by atoms with van der Waals surface area (Å²) in [7, 11) is 1.91. The van der Waals surface area contributed by atoms with Crippen molar-refractivity contribution in [2.24, 2.45) is 7.05 Å². The molecule has 0 saturated heterocycles. The molecule has 0 spiro atoms. The summed E-state index contributed by atoms with van der Waals surface area (Å²) in [5.74, 6) is 0.973. The Morgan fingerprint density at radius 3 is 2.89 bits per heavy atom. The van der Waals surface area contributed by atoms with Crippen molar-refractivity contribution in [1.29, 1.82) is 0 Å². The molecule has 0 aliphatic rings. The first kappa shape index (κ1) is 11.8. The molecule has 96 valence electrons. The van der Waals surface area contributed by atoms with Crippen molar-refractivity contribution >= 4 is 28.3 Å². The number of hydrogen-bond acceptors (Lipinski definition) is 4. The van der Waals surface area contributed by atoms with Crippen LogP contribution >= 0.6 is 11.6 Å². The van der Waals surface area contributed by atoms with E-state index in [-0.39, 0.29) is 0 Å². The van der Waals surface area contributed by atoms with Crippen molar-refractivity contribution < 1.29 is 4.74 Å². The number of halogens is 1. The molecule has 2 aromatic heterocycles. The van der Waals surface area contributed by atoms with Crippen molar-refractivity contribution in [3.05, 3.63) is 41.8 Å². The summed E-state index contributed by atoms with van der Waals surface area (Å²) in [4.78, 5) is 8.33. The third kappa shape index (κ3) is 2.08. The Balaban J connectivity index is 2.08. The molecule has 3 rings (SSSR count). The van der Waals surface area contributed by atoms with Gasteiger partial charge in [0.2, 0.25) is 5.88 Å². The highest BCUT2D eigenvalue weighted by atomic mass is 35.5. The number of nitrogen functional groups attached to an aromatic ring is 1. The van der Waals surface area contributed by atoms with E-state index >= 15 is 0 Å². The van der Waals surface area contributed by atoms with Gasteiger partial charge in [-0.05, 0) is 24.3 Å². The van der Waals surface area contributed by atoms with Crippen LogP contribution in [0.2, 0.25) is 5.02 Å². The Morgan fingerprint density at radius 1 is 1.26 bits per heavy atom. The predicted octanol–water partition coefficient (Wildman–Crippen LogP) is 3.00. The number of anilines is 1. The first-order chi connectivity index (χ1) is 9.15. The quantitative estimate of drug-likeness (QED) is 0.730. The van der Waals surface area contributed by atoms with Crippen molar-refractivity contribution in [1.82, 2.24) is 14.5 Å². The van der Waals surface area contributed by atoms with Crippen LogP contribution in [0.1, 0.15) is 0 Å². The van der Waals surface area contributed by atoms with Gasteiger partial charge in [0.15, 0.2) is 0 Å². The summed E-state index contributed by atoms with van der Waals surface area (Å²) in [5, 5.41) is 0.445. The third-order valence-corrected chi connectivity index (χ3v) is 3.08. The number of nitrogens with zero attached hydrogens (tertiary/aromatic N) is 3. The van der Waals surface area contributed by atoms with E-state index in [1.165, 1.54) is 6.33 Å². The number of fused-ring (bicyclic) bond motifs is 1. The fourth-order valence-corrected chi connectivity index (χ4v) is 2.09. The molecule has 0 amide bonds. The summed E-state index contributed by atoms with van der Waals surface area (Å²) in [6.45, 7) is 0. The largest absolute Gasteiger partial charge is 0.435 e.